The van der Waals surface area contributed by atoms with Gasteiger partial charge in [0.05, 0.1) is 6.10 Å². The fourth-order valence-electron chi connectivity index (χ4n) is 1.32. The zero-order valence-electron chi connectivity index (χ0n) is 11.3. The molecule has 0 spiro atoms. The molecule has 0 heterocycles. The van der Waals surface area contributed by atoms with E-state index in [4.69, 9.17) is 4.74 Å². The minimum absolute atomic E-state index is 0.353. The highest BCUT2D eigenvalue weighted by Crippen LogP contribution is 2.07. The van der Waals surface area contributed by atoms with Crippen molar-refractivity contribution in [1.29, 1.82) is 0 Å². The van der Waals surface area contributed by atoms with Crippen LogP contribution >= 0.6 is 0 Å². The van der Waals surface area contributed by atoms with Crippen LogP contribution in [0.5, 0.6) is 0 Å². The normalized spacial score (nSPS) is 14.2. The third kappa shape index (κ3) is 8.88. The molecule has 0 aliphatic carbocycles. The van der Waals surface area contributed by atoms with Crippen molar-refractivity contribution in [3.63, 3.8) is 0 Å². The SMILES string of the molecule is CC(C)CNCC(OCC(C)C)C(C)C. The van der Waals surface area contributed by atoms with Gasteiger partial charge in [0, 0.05) is 13.2 Å². The minimum Gasteiger partial charge on any atom is -0.376 e. The highest BCUT2D eigenvalue weighted by molar-refractivity contribution is 4.66. The molecule has 0 aromatic heterocycles. The van der Waals surface area contributed by atoms with Crippen LogP contribution in [0.1, 0.15) is 41.5 Å². The molecule has 0 aromatic carbocycles. The van der Waals surface area contributed by atoms with Crippen molar-refractivity contribution in [3.8, 4) is 0 Å². The second-order valence-electron chi connectivity index (χ2n) is 5.56. The largest absolute Gasteiger partial charge is 0.376 e. The molecule has 0 fully saturated rings. The molecule has 0 aliphatic rings. The van der Waals surface area contributed by atoms with E-state index in [-0.39, 0.29) is 0 Å². The first-order valence-corrected chi connectivity index (χ1v) is 6.25. The first-order valence-electron chi connectivity index (χ1n) is 6.25. The Morgan fingerprint density at radius 3 is 1.87 bits per heavy atom. The highest BCUT2D eigenvalue weighted by atomic mass is 16.5. The third-order valence-electron chi connectivity index (χ3n) is 2.29. The zero-order chi connectivity index (χ0) is 11.8. The van der Waals surface area contributed by atoms with Crippen molar-refractivity contribution in [2.24, 2.45) is 17.8 Å². The molecule has 2 nitrogen and oxygen atoms in total. The Morgan fingerprint density at radius 2 is 1.47 bits per heavy atom. The van der Waals surface area contributed by atoms with Crippen molar-refractivity contribution < 1.29 is 4.74 Å². The first-order chi connectivity index (χ1) is 6.93. The maximum atomic E-state index is 5.88. The minimum atomic E-state index is 0.353. The predicted octanol–water partition coefficient (Wildman–Crippen LogP) is 2.93. The molecule has 0 saturated carbocycles. The van der Waals surface area contributed by atoms with E-state index in [1.54, 1.807) is 0 Å². The zero-order valence-corrected chi connectivity index (χ0v) is 11.3. The Morgan fingerprint density at radius 1 is 0.867 bits per heavy atom. The lowest BCUT2D eigenvalue weighted by Gasteiger charge is -2.23. The molecular weight excluding hydrogens is 186 g/mol. The van der Waals surface area contributed by atoms with E-state index in [0.717, 1.165) is 19.7 Å². The number of nitrogens with one attached hydrogen (secondary N) is 1. The average molecular weight is 215 g/mol. The lowest BCUT2D eigenvalue weighted by Crippen LogP contribution is -2.35. The van der Waals surface area contributed by atoms with E-state index in [1.165, 1.54) is 0 Å². The fourth-order valence-corrected chi connectivity index (χ4v) is 1.32. The molecule has 92 valence electrons. The van der Waals surface area contributed by atoms with Gasteiger partial charge in [-0.15, -0.1) is 0 Å². The summed E-state index contributed by atoms with van der Waals surface area (Å²) in [6.07, 6.45) is 0.353. The molecular formula is C13H29NO. The van der Waals surface area contributed by atoms with Gasteiger partial charge in [-0.2, -0.15) is 0 Å². The van der Waals surface area contributed by atoms with Gasteiger partial charge < -0.3 is 10.1 Å². The van der Waals surface area contributed by atoms with E-state index in [9.17, 15) is 0 Å². The van der Waals surface area contributed by atoms with Crippen LogP contribution in [0.15, 0.2) is 0 Å². The van der Waals surface area contributed by atoms with Gasteiger partial charge in [0.1, 0.15) is 0 Å². The Kier molecular flexibility index (Phi) is 8.07. The van der Waals surface area contributed by atoms with Gasteiger partial charge in [-0.05, 0) is 24.3 Å². The van der Waals surface area contributed by atoms with Gasteiger partial charge in [0.2, 0.25) is 0 Å². The number of rotatable bonds is 8. The topological polar surface area (TPSA) is 21.3 Å². The van der Waals surface area contributed by atoms with Crippen molar-refractivity contribution in [2.75, 3.05) is 19.7 Å². The standard InChI is InChI=1S/C13H29NO/c1-10(2)7-14-8-13(12(5)6)15-9-11(3)4/h10-14H,7-9H2,1-6H3. The van der Waals surface area contributed by atoms with E-state index in [1.807, 2.05) is 0 Å². The van der Waals surface area contributed by atoms with E-state index >= 15 is 0 Å². The maximum Gasteiger partial charge on any atom is 0.0722 e. The van der Waals surface area contributed by atoms with Crippen LogP contribution in [0, 0.1) is 17.8 Å². The molecule has 0 amide bonds. The van der Waals surface area contributed by atoms with Gasteiger partial charge in [0.25, 0.3) is 0 Å². The van der Waals surface area contributed by atoms with Crippen LogP contribution in [0.4, 0.5) is 0 Å². The number of hydrogen-bond acceptors (Lipinski definition) is 2. The van der Waals surface area contributed by atoms with E-state index in [2.05, 4.69) is 46.9 Å². The van der Waals surface area contributed by atoms with Gasteiger partial charge in [-0.3, -0.25) is 0 Å². The molecule has 1 N–H and O–H groups in total. The monoisotopic (exact) mass is 215 g/mol. The molecule has 15 heavy (non-hydrogen) atoms. The lowest BCUT2D eigenvalue weighted by atomic mass is 10.1. The number of hydrogen-bond donors (Lipinski definition) is 1. The van der Waals surface area contributed by atoms with E-state index in [0.29, 0.717) is 23.9 Å². The Balaban J connectivity index is 3.73. The summed E-state index contributed by atoms with van der Waals surface area (Å²) in [5.41, 5.74) is 0. The summed E-state index contributed by atoms with van der Waals surface area (Å²) in [5.74, 6) is 1.92. The summed E-state index contributed by atoms with van der Waals surface area (Å²) in [4.78, 5) is 0. The molecule has 0 bridgehead atoms. The Hall–Kier alpha value is -0.0800. The van der Waals surface area contributed by atoms with Crippen LogP contribution in [0.2, 0.25) is 0 Å². The van der Waals surface area contributed by atoms with Gasteiger partial charge in [-0.25, -0.2) is 0 Å². The molecule has 0 radical (unpaired) electrons. The average Bonchev–Trinajstić information content (AvgIpc) is 2.09. The second kappa shape index (κ2) is 8.12. The molecule has 2 heteroatoms. The molecule has 0 aromatic rings. The Bertz CT molecular complexity index is 143. The summed E-state index contributed by atoms with van der Waals surface area (Å²) in [5, 5.41) is 3.46. The van der Waals surface area contributed by atoms with E-state index < -0.39 is 0 Å². The lowest BCUT2D eigenvalue weighted by molar-refractivity contribution is 0.00821. The van der Waals surface area contributed by atoms with Crippen LogP contribution in [-0.4, -0.2) is 25.8 Å². The summed E-state index contributed by atoms with van der Waals surface area (Å²) in [6.45, 7) is 16.2. The van der Waals surface area contributed by atoms with Crippen molar-refractivity contribution in [2.45, 2.75) is 47.6 Å². The summed E-state index contributed by atoms with van der Waals surface area (Å²) >= 11 is 0. The number of ether oxygens (including phenoxy) is 1. The van der Waals surface area contributed by atoms with Gasteiger partial charge in [0.15, 0.2) is 0 Å². The maximum absolute atomic E-state index is 5.88. The summed E-state index contributed by atoms with van der Waals surface area (Å²) in [7, 11) is 0. The van der Waals surface area contributed by atoms with Gasteiger partial charge >= 0.3 is 0 Å². The van der Waals surface area contributed by atoms with Crippen molar-refractivity contribution >= 4 is 0 Å². The molecule has 0 rings (SSSR count). The smallest absolute Gasteiger partial charge is 0.0722 e. The summed E-state index contributed by atoms with van der Waals surface area (Å²) < 4.78 is 5.88. The van der Waals surface area contributed by atoms with Crippen molar-refractivity contribution in [1.82, 2.24) is 5.32 Å². The quantitative estimate of drug-likeness (QED) is 0.672. The van der Waals surface area contributed by atoms with Crippen LogP contribution in [0.3, 0.4) is 0 Å². The van der Waals surface area contributed by atoms with Crippen LogP contribution in [-0.2, 0) is 4.74 Å². The molecule has 0 aliphatic heterocycles. The fraction of sp³-hybridized carbons (Fsp3) is 1.00. The second-order valence-corrected chi connectivity index (χ2v) is 5.56. The van der Waals surface area contributed by atoms with Crippen molar-refractivity contribution in [3.05, 3.63) is 0 Å². The predicted molar refractivity (Wildman–Crippen MR) is 67.1 cm³/mol. The molecule has 1 atom stereocenters. The highest BCUT2D eigenvalue weighted by Gasteiger charge is 2.14. The molecule has 0 saturated heterocycles. The molecule has 1 unspecified atom stereocenters. The van der Waals surface area contributed by atoms with Gasteiger partial charge in [-0.1, -0.05) is 41.5 Å². The summed E-state index contributed by atoms with van der Waals surface area (Å²) in [6, 6.07) is 0. The first kappa shape index (κ1) is 14.9. The Labute approximate surface area is 95.8 Å². The van der Waals surface area contributed by atoms with Crippen LogP contribution in [0.25, 0.3) is 0 Å². The third-order valence-corrected chi connectivity index (χ3v) is 2.29. The van der Waals surface area contributed by atoms with Crippen LogP contribution < -0.4 is 5.32 Å².